The van der Waals surface area contributed by atoms with Gasteiger partial charge in [-0.05, 0) is 61.7 Å². The van der Waals surface area contributed by atoms with E-state index in [4.69, 9.17) is 0 Å². The summed E-state index contributed by atoms with van der Waals surface area (Å²) in [5, 5.41) is 0. The van der Waals surface area contributed by atoms with E-state index in [-0.39, 0.29) is 0 Å². The summed E-state index contributed by atoms with van der Waals surface area (Å²) >= 11 is 0. The summed E-state index contributed by atoms with van der Waals surface area (Å²) in [7, 11) is -3.67. The number of anilines is 1. The van der Waals surface area contributed by atoms with E-state index < -0.39 is 10.0 Å². The zero-order valence-electron chi connectivity index (χ0n) is 15.3. The molecule has 0 saturated heterocycles. The van der Waals surface area contributed by atoms with Crippen LogP contribution in [-0.2, 0) is 16.6 Å². The number of nitrogens with zero attached hydrogens (tertiary/aromatic N) is 1. The minimum absolute atomic E-state index is 0.293. The van der Waals surface area contributed by atoms with Gasteiger partial charge in [0.05, 0.1) is 17.1 Å². The highest BCUT2D eigenvalue weighted by Crippen LogP contribution is 2.28. The zero-order valence-corrected chi connectivity index (χ0v) is 16.1. The van der Waals surface area contributed by atoms with Crippen molar-refractivity contribution in [3.05, 3.63) is 95.1 Å². The predicted octanol–water partition coefficient (Wildman–Crippen LogP) is 5.01. The van der Waals surface area contributed by atoms with E-state index in [1.165, 1.54) is 4.31 Å². The predicted molar refractivity (Wildman–Crippen MR) is 107 cm³/mol. The number of benzene rings is 3. The summed E-state index contributed by atoms with van der Waals surface area (Å²) in [6, 6.07) is 22.4. The van der Waals surface area contributed by atoms with Crippen molar-refractivity contribution in [1.29, 1.82) is 0 Å². The molecule has 3 nitrogen and oxygen atoms in total. The number of rotatable bonds is 5. The first kappa shape index (κ1) is 18.2. The number of hydrogen-bond acceptors (Lipinski definition) is 2. The molecule has 0 heterocycles. The molecule has 4 heteroatoms. The lowest BCUT2D eigenvalue weighted by Crippen LogP contribution is -2.30. The standard InChI is InChI=1S/C22H23NO2S/c1-17-8-7-9-20(13-17)16-23(21-14-18(2)12-19(3)15-21)26(24,25)22-10-5-4-6-11-22/h4-15H,16H2,1-3H3. The molecule has 0 bridgehead atoms. The van der Waals surface area contributed by atoms with Gasteiger partial charge < -0.3 is 0 Å². The normalized spacial score (nSPS) is 11.3. The lowest BCUT2D eigenvalue weighted by atomic mass is 10.1. The molecule has 0 amide bonds. The average Bonchev–Trinajstić information content (AvgIpc) is 2.59. The summed E-state index contributed by atoms with van der Waals surface area (Å²) in [6.45, 7) is 6.27. The van der Waals surface area contributed by atoms with Gasteiger partial charge in [-0.1, -0.05) is 54.1 Å². The number of aryl methyl sites for hydroxylation is 3. The molecular weight excluding hydrogens is 342 g/mol. The molecule has 3 rings (SSSR count). The van der Waals surface area contributed by atoms with E-state index in [1.807, 2.05) is 69.3 Å². The second kappa shape index (κ2) is 7.34. The molecule has 0 aromatic heterocycles. The van der Waals surface area contributed by atoms with Gasteiger partial charge in [0.15, 0.2) is 0 Å². The smallest absolute Gasteiger partial charge is 0.262 e. The lowest BCUT2D eigenvalue weighted by Gasteiger charge is -2.25. The van der Waals surface area contributed by atoms with Crippen molar-refractivity contribution in [3.8, 4) is 0 Å². The highest BCUT2D eigenvalue weighted by Gasteiger charge is 2.25. The maximum Gasteiger partial charge on any atom is 0.264 e. The Hall–Kier alpha value is -2.59. The largest absolute Gasteiger partial charge is 0.264 e. The van der Waals surface area contributed by atoms with Crippen molar-refractivity contribution in [1.82, 2.24) is 0 Å². The maximum absolute atomic E-state index is 13.4. The third-order valence-corrected chi connectivity index (χ3v) is 6.02. The SMILES string of the molecule is Cc1cccc(CN(c2cc(C)cc(C)c2)S(=O)(=O)c2ccccc2)c1. The number of sulfonamides is 1. The Bertz CT molecular complexity index is 991. The van der Waals surface area contributed by atoms with Crippen LogP contribution in [0, 0.1) is 20.8 Å². The second-order valence-corrected chi connectivity index (χ2v) is 8.52. The average molecular weight is 365 g/mol. The molecular formula is C22H23NO2S. The molecule has 3 aromatic carbocycles. The first-order valence-electron chi connectivity index (χ1n) is 8.58. The lowest BCUT2D eigenvalue weighted by molar-refractivity contribution is 0.590. The summed E-state index contributed by atoms with van der Waals surface area (Å²) in [5.41, 5.74) is 4.84. The van der Waals surface area contributed by atoms with Gasteiger partial charge in [-0.3, -0.25) is 4.31 Å². The second-order valence-electron chi connectivity index (χ2n) is 6.66. The van der Waals surface area contributed by atoms with Crippen molar-refractivity contribution < 1.29 is 8.42 Å². The fraction of sp³-hybridized carbons (Fsp3) is 0.182. The van der Waals surface area contributed by atoms with Gasteiger partial charge in [0.2, 0.25) is 0 Å². The molecule has 0 aliphatic carbocycles. The van der Waals surface area contributed by atoms with E-state index in [2.05, 4.69) is 0 Å². The fourth-order valence-corrected chi connectivity index (χ4v) is 4.56. The third-order valence-electron chi connectivity index (χ3n) is 4.23. The van der Waals surface area contributed by atoms with Gasteiger partial charge >= 0.3 is 0 Å². The molecule has 0 saturated carbocycles. The van der Waals surface area contributed by atoms with Crippen LogP contribution in [0.1, 0.15) is 22.3 Å². The van der Waals surface area contributed by atoms with E-state index >= 15 is 0 Å². The molecule has 134 valence electrons. The Kier molecular flexibility index (Phi) is 5.14. The minimum atomic E-state index is -3.67. The van der Waals surface area contributed by atoms with E-state index in [9.17, 15) is 8.42 Å². The fourth-order valence-electron chi connectivity index (χ4n) is 3.11. The van der Waals surface area contributed by atoms with Gasteiger partial charge in [0, 0.05) is 0 Å². The monoisotopic (exact) mass is 365 g/mol. The molecule has 0 aliphatic rings. The molecule has 0 atom stereocenters. The quantitative estimate of drug-likeness (QED) is 0.637. The van der Waals surface area contributed by atoms with Crippen LogP contribution < -0.4 is 4.31 Å². The first-order valence-corrected chi connectivity index (χ1v) is 10.0. The van der Waals surface area contributed by atoms with Crippen LogP contribution in [0.2, 0.25) is 0 Å². The van der Waals surface area contributed by atoms with Gasteiger partial charge in [0.25, 0.3) is 10.0 Å². The summed E-state index contributed by atoms with van der Waals surface area (Å²) in [5.74, 6) is 0. The first-order chi connectivity index (χ1) is 12.4. The molecule has 0 aliphatic heterocycles. The Morgan fingerprint density at radius 2 is 1.38 bits per heavy atom. The Morgan fingerprint density at radius 1 is 0.731 bits per heavy atom. The van der Waals surface area contributed by atoms with E-state index in [0.717, 1.165) is 22.3 Å². The Balaban J connectivity index is 2.12. The molecule has 0 unspecified atom stereocenters. The highest BCUT2D eigenvalue weighted by atomic mass is 32.2. The van der Waals surface area contributed by atoms with Crippen LogP contribution >= 0.6 is 0 Å². The van der Waals surface area contributed by atoms with Gasteiger partial charge in [-0.25, -0.2) is 8.42 Å². The van der Waals surface area contributed by atoms with Crippen molar-refractivity contribution in [2.45, 2.75) is 32.2 Å². The number of hydrogen-bond donors (Lipinski definition) is 0. The van der Waals surface area contributed by atoms with E-state index in [0.29, 0.717) is 17.1 Å². The van der Waals surface area contributed by atoms with E-state index in [1.54, 1.807) is 24.3 Å². The van der Waals surface area contributed by atoms with Gasteiger partial charge in [-0.15, -0.1) is 0 Å². The molecule has 26 heavy (non-hydrogen) atoms. The topological polar surface area (TPSA) is 37.4 Å². The van der Waals surface area contributed by atoms with Crippen LogP contribution in [0.5, 0.6) is 0 Å². The summed E-state index contributed by atoms with van der Waals surface area (Å²) < 4.78 is 28.2. The van der Waals surface area contributed by atoms with Gasteiger partial charge in [-0.2, -0.15) is 0 Å². The minimum Gasteiger partial charge on any atom is -0.262 e. The maximum atomic E-state index is 13.4. The van der Waals surface area contributed by atoms with Crippen LogP contribution in [0.3, 0.4) is 0 Å². The molecule has 0 fully saturated rings. The van der Waals surface area contributed by atoms with Crippen LogP contribution in [0.4, 0.5) is 5.69 Å². The Morgan fingerprint density at radius 3 is 2.00 bits per heavy atom. The summed E-state index contributed by atoms with van der Waals surface area (Å²) in [6.07, 6.45) is 0. The van der Waals surface area contributed by atoms with Crippen molar-refractivity contribution in [2.24, 2.45) is 0 Å². The van der Waals surface area contributed by atoms with Crippen LogP contribution in [-0.4, -0.2) is 8.42 Å². The van der Waals surface area contributed by atoms with Crippen LogP contribution in [0.25, 0.3) is 0 Å². The van der Waals surface area contributed by atoms with Crippen LogP contribution in [0.15, 0.2) is 77.7 Å². The van der Waals surface area contributed by atoms with Gasteiger partial charge in [0.1, 0.15) is 0 Å². The Labute approximate surface area is 156 Å². The zero-order chi connectivity index (χ0) is 18.7. The van der Waals surface area contributed by atoms with Crippen molar-refractivity contribution in [3.63, 3.8) is 0 Å². The molecule has 0 spiro atoms. The van der Waals surface area contributed by atoms with Crippen molar-refractivity contribution >= 4 is 15.7 Å². The summed E-state index contributed by atoms with van der Waals surface area (Å²) in [4.78, 5) is 0.298. The van der Waals surface area contributed by atoms with Crippen molar-refractivity contribution in [2.75, 3.05) is 4.31 Å². The molecule has 0 radical (unpaired) electrons. The molecule has 0 N–H and O–H groups in total. The highest BCUT2D eigenvalue weighted by molar-refractivity contribution is 7.92. The molecule has 3 aromatic rings. The third kappa shape index (κ3) is 3.97.